The third-order valence-electron chi connectivity index (χ3n) is 4.49. The molecule has 0 unspecified atom stereocenters. The first kappa shape index (κ1) is 11.5. The zero-order valence-electron chi connectivity index (χ0n) is 10.9. The smallest absolute Gasteiger partial charge is 0.0136 e. The Kier molecular flexibility index (Phi) is 2.74. The van der Waals surface area contributed by atoms with Crippen molar-refractivity contribution in [3.63, 3.8) is 0 Å². The van der Waals surface area contributed by atoms with Crippen LogP contribution in [-0.2, 0) is 0 Å². The highest BCUT2D eigenvalue weighted by molar-refractivity contribution is 5.47. The Morgan fingerprint density at radius 2 is 1.33 bits per heavy atom. The fourth-order valence-electron chi connectivity index (χ4n) is 3.68. The monoisotopic (exact) mass is 236 g/mol. The van der Waals surface area contributed by atoms with E-state index < -0.39 is 0 Å². The lowest BCUT2D eigenvalue weighted by Crippen LogP contribution is -2.13. The summed E-state index contributed by atoms with van der Waals surface area (Å²) in [7, 11) is 0. The molecule has 0 saturated heterocycles. The molecule has 0 N–H and O–H groups in total. The molecule has 0 nitrogen and oxygen atoms in total. The van der Waals surface area contributed by atoms with E-state index in [1.54, 1.807) is 11.1 Å². The van der Waals surface area contributed by atoms with Gasteiger partial charge >= 0.3 is 0 Å². The summed E-state index contributed by atoms with van der Waals surface area (Å²) in [5, 5.41) is 0. The molecule has 92 valence electrons. The van der Waals surface area contributed by atoms with Crippen molar-refractivity contribution in [3.8, 4) is 0 Å². The summed E-state index contributed by atoms with van der Waals surface area (Å²) >= 11 is 0. The topological polar surface area (TPSA) is 0 Å². The molecule has 0 aliphatic heterocycles. The molecule has 0 radical (unpaired) electrons. The summed E-state index contributed by atoms with van der Waals surface area (Å²) in [5.74, 6) is 0. The minimum Gasteiger partial charge on any atom is -0.0988 e. The summed E-state index contributed by atoms with van der Waals surface area (Å²) in [6.45, 7) is 7.91. The molecule has 0 aromatic rings. The maximum atomic E-state index is 3.95. The summed E-state index contributed by atoms with van der Waals surface area (Å²) in [4.78, 5) is 0. The van der Waals surface area contributed by atoms with E-state index in [4.69, 9.17) is 0 Å². The van der Waals surface area contributed by atoms with E-state index in [0.717, 1.165) is 6.42 Å². The molecule has 0 heteroatoms. The summed E-state index contributed by atoms with van der Waals surface area (Å²) in [5.41, 5.74) is 6.35. The summed E-state index contributed by atoms with van der Waals surface area (Å²) in [6.07, 6.45) is 19.2. The molecule has 0 heterocycles. The lowest BCUT2D eigenvalue weighted by molar-refractivity contribution is 0.326. The van der Waals surface area contributed by atoms with Crippen LogP contribution in [0.25, 0.3) is 0 Å². The Bertz CT molecular complexity index is 474. The third kappa shape index (κ3) is 1.77. The van der Waals surface area contributed by atoms with Crippen molar-refractivity contribution in [2.45, 2.75) is 32.1 Å². The van der Waals surface area contributed by atoms with Gasteiger partial charge in [0.1, 0.15) is 0 Å². The van der Waals surface area contributed by atoms with Crippen LogP contribution in [0.2, 0.25) is 0 Å². The minimum absolute atomic E-state index is 0.420. The van der Waals surface area contributed by atoms with Crippen LogP contribution in [0.15, 0.2) is 71.9 Å². The lowest BCUT2D eigenvalue weighted by atomic mass is 9.79. The van der Waals surface area contributed by atoms with Crippen LogP contribution < -0.4 is 0 Å². The van der Waals surface area contributed by atoms with Crippen molar-refractivity contribution in [2.75, 3.05) is 0 Å². The molecule has 0 atom stereocenters. The first-order valence-corrected chi connectivity index (χ1v) is 6.78. The van der Waals surface area contributed by atoms with Crippen LogP contribution in [-0.4, -0.2) is 0 Å². The maximum Gasteiger partial charge on any atom is -0.0136 e. The van der Waals surface area contributed by atoms with E-state index in [1.807, 2.05) is 12.2 Å². The molecule has 0 fully saturated rings. The van der Waals surface area contributed by atoms with Gasteiger partial charge in [-0.3, -0.25) is 0 Å². The zero-order valence-corrected chi connectivity index (χ0v) is 10.9. The molecular weight excluding hydrogens is 216 g/mol. The summed E-state index contributed by atoms with van der Waals surface area (Å²) in [6, 6.07) is 0. The van der Waals surface area contributed by atoms with Gasteiger partial charge in [0, 0.05) is 0 Å². The maximum absolute atomic E-state index is 3.95. The van der Waals surface area contributed by atoms with Gasteiger partial charge in [-0.2, -0.15) is 0 Å². The van der Waals surface area contributed by atoms with Gasteiger partial charge in [0.2, 0.25) is 0 Å². The second kappa shape index (κ2) is 4.28. The van der Waals surface area contributed by atoms with E-state index in [9.17, 15) is 0 Å². The van der Waals surface area contributed by atoms with Gasteiger partial charge in [-0.05, 0) is 59.8 Å². The molecule has 18 heavy (non-hydrogen) atoms. The van der Waals surface area contributed by atoms with Crippen molar-refractivity contribution < 1.29 is 0 Å². The lowest BCUT2D eigenvalue weighted by Gasteiger charge is -2.24. The molecule has 3 rings (SSSR count). The molecule has 0 amide bonds. The van der Waals surface area contributed by atoms with Crippen LogP contribution >= 0.6 is 0 Å². The molecule has 0 aromatic heterocycles. The van der Waals surface area contributed by atoms with Crippen molar-refractivity contribution in [1.82, 2.24) is 0 Å². The van der Waals surface area contributed by atoms with E-state index in [1.165, 1.54) is 36.8 Å². The van der Waals surface area contributed by atoms with E-state index in [0.29, 0.717) is 5.41 Å². The average Bonchev–Trinajstić information content (AvgIpc) is 2.82. The first-order chi connectivity index (χ1) is 8.76. The van der Waals surface area contributed by atoms with Gasteiger partial charge in [-0.1, -0.05) is 49.6 Å². The normalized spacial score (nSPS) is 24.7. The van der Waals surface area contributed by atoms with E-state index >= 15 is 0 Å². The summed E-state index contributed by atoms with van der Waals surface area (Å²) < 4.78 is 0. The predicted molar refractivity (Wildman–Crippen MR) is 78.2 cm³/mol. The number of rotatable bonds is 2. The van der Waals surface area contributed by atoms with Crippen LogP contribution in [0.1, 0.15) is 32.1 Å². The number of allylic oxidation sites excluding steroid dienone is 10. The second-order valence-electron chi connectivity index (χ2n) is 5.76. The quantitative estimate of drug-likeness (QED) is 0.630. The molecule has 0 bridgehead atoms. The van der Waals surface area contributed by atoms with Crippen molar-refractivity contribution in [1.29, 1.82) is 0 Å². The van der Waals surface area contributed by atoms with Crippen molar-refractivity contribution in [2.24, 2.45) is 5.41 Å². The zero-order chi connectivity index (χ0) is 12.6. The third-order valence-corrected chi connectivity index (χ3v) is 4.49. The van der Waals surface area contributed by atoms with Gasteiger partial charge in [0.25, 0.3) is 0 Å². The highest BCUT2D eigenvalue weighted by Crippen LogP contribution is 2.55. The molecular formula is C18H20. The van der Waals surface area contributed by atoms with Gasteiger partial charge in [0.15, 0.2) is 0 Å². The number of hydrogen-bond donors (Lipinski definition) is 0. The van der Waals surface area contributed by atoms with Crippen LogP contribution in [0.5, 0.6) is 0 Å². The van der Waals surface area contributed by atoms with E-state index in [2.05, 4.69) is 37.5 Å². The van der Waals surface area contributed by atoms with Gasteiger partial charge in [-0.25, -0.2) is 0 Å². The Morgan fingerprint density at radius 3 is 1.78 bits per heavy atom. The largest absolute Gasteiger partial charge is 0.0988 e. The molecule has 3 aliphatic carbocycles. The Morgan fingerprint density at radius 1 is 0.833 bits per heavy atom. The Hall–Kier alpha value is -1.56. The van der Waals surface area contributed by atoms with Crippen LogP contribution in [0.3, 0.4) is 0 Å². The fraction of sp³-hybridized carbons (Fsp3) is 0.333. The highest BCUT2D eigenvalue weighted by Gasteiger charge is 2.41. The van der Waals surface area contributed by atoms with E-state index in [-0.39, 0.29) is 0 Å². The molecule has 1 spiro atoms. The highest BCUT2D eigenvalue weighted by atomic mass is 14.5. The molecule has 0 saturated carbocycles. The van der Waals surface area contributed by atoms with Crippen LogP contribution in [0.4, 0.5) is 0 Å². The predicted octanol–water partition coefficient (Wildman–Crippen LogP) is 5.04. The fourth-order valence-corrected chi connectivity index (χ4v) is 3.68. The molecule has 0 aromatic carbocycles. The standard InChI is InChI=1S/C18H20/c1-3-14-10-18(11-15(14)4-2)12-16-8-6-5-7-9-17(16)13-18/h3-4,6-9H,1-2,5,10-13H2. The average molecular weight is 236 g/mol. The molecule has 3 aliphatic rings. The van der Waals surface area contributed by atoms with Crippen molar-refractivity contribution >= 4 is 0 Å². The SMILES string of the molecule is C=CC1=C(C=C)CC2(C1)CC1=C(C=CCC=C1)C2. The van der Waals surface area contributed by atoms with Crippen LogP contribution in [0, 0.1) is 5.41 Å². The first-order valence-electron chi connectivity index (χ1n) is 6.78. The Labute approximate surface area is 110 Å². The van der Waals surface area contributed by atoms with Crippen molar-refractivity contribution in [3.05, 3.63) is 71.9 Å². The minimum atomic E-state index is 0.420. The van der Waals surface area contributed by atoms with Gasteiger partial charge < -0.3 is 0 Å². The Balaban J connectivity index is 1.85. The number of hydrogen-bond acceptors (Lipinski definition) is 0. The van der Waals surface area contributed by atoms with Gasteiger partial charge in [0.05, 0.1) is 0 Å². The van der Waals surface area contributed by atoms with Gasteiger partial charge in [-0.15, -0.1) is 0 Å². The second-order valence-corrected chi connectivity index (χ2v) is 5.76.